The molecule has 0 aliphatic carbocycles. The smallest absolute Gasteiger partial charge is 0.338 e. The molecule has 1 aliphatic rings. The van der Waals surface area contributed by atoms with Crippen molar-refractivity contribution in [1.82, 2.24) is 10.6 Å². The van der Waals surface area contributed by atoms with Crippen LogP contribution in [0.1, 0.15) is 35.7 Å². The molecule has 21 heavy (non-hydrogen) atoms. The number of esters is 1. The third kappa shape index (κ3) is 4.56. The highest BCUT2D eigenvalue weighted by atomic mass is 16.5. The van der Waals surface area contributed by atoms with Gasteiger partial charge < -0.3 is 15.4 Å². The topological polar surface area (TPSA) is 67.4 Å². The molecule has 2 rings (SSSR count). The van der Waals surface area contributed by atoms with E-state index in [4.69, 9.17) is 4.74 Å². The standard InChI is InChI=1S/C16H22N2O3/c1-2-21-16(20)13-7-5-12(6-8-13)10-18-15(19)14-4-3-9-17-11-14/h5-8,14,17H,2-4,9-11H2,1H3,(H,18,19). The molecular weight excluding hydrogens is 268 g/mol. The summed E-state index contributed by atoms with van der Waals surface area (Å²) in [5.74, 6) is -0.157. The summed E-state index contributed by atoms with van der Waals surface area (Å²) in [7, 11) is 0. The fraction of sp³-hybridized carbons (Fsp3) is 0.500. The van der Waals surface area contributed by atoms with Gasteiger partial charge in [-0.2, -0.15) is 0 Å². The summed E-state index contributed by atoms with van der Waals surface area (Å²) in [5, 5.41) is 6.18. The van der Waals surface area contributed by atoms with Crippen molar-refractivity contribution in [3.8, 4) is 0 Å². The van der Waals surface area contributed by atoms with Crippen LogP contribution >= 0.6 is 0 Å². The van der Waals surface area contributed by atoms with Crippen molar-refractivity contribution in [2.24, 2.45) is 5.92 Å². The van der Waals surface area contributed by atoms with E-state index in [0.29, 0.717) is 18.7 Å². The number of hydrogen-bond donors (Lipinski definition) is 2. The van der Waals surface area contributed by atoms with Crippen LogP contribution in [-0.2, 0) is 16.1 Å². The quantitative estimate of drug-likeness (QED) is 0.806. The lowest BCUT2D eigenvalue weighted by Crippen LogP contribution is -2.40. The summed E-state index contributed by atoms with van der Waals surface area (Å²) in [5.41, 5.74) is 1.50. The lowest BCUT2D eigenvalue weighted by Gasteiger charge is -2.21. The van der Waals surface area contributed by atoms with Gasteiger partial charge in [0.25, 0.3) is 0 Å². The largest absolute Gasteiger partial charge is 0.462 e. The molecule has 1 amide bonds. The maximum Gasteiger partial charge on any atom is 0.338 e. The Hall–Kier alpha value is -1.88. The second-order valence-electron chi connectivity index (χ2n) is 5.18. The van der Waals surface area contributed by atoms with Gasteiger partial charge in [0.1, 0.15) is 0 Å². The highest BCUT2D eigenvalue weighted by Crippen LogP contribution is 2.11. The molecule has 1 atom stereocenters. The molecule has 1 aliphatic heterocycles. The Balaban J connectivity index is 1.83. The van der Waals surface area contributed by atoms with Crippen molar-refractivity contribution in [3.63, 3.8) is 0 Å². The lowest BCUT2D eigenvalue weighted by molar-refractivity contribution is -0.125. The van der Waals surface area contributed by atoms with Gasteiger partial charge in [0.2, 0.25) is 5.91 Å². The summed E-state index contributed by atoms with van der Waals surface area (Å²) >= 11 is 0. The average molecular weight is 290 g/mol. The molecule has 1 aromatic carbocycles. The van der Waals surface area contributed by atoms with E-state index in [2.05, 4.69) is 10.6 Å². The molecule has 5 nitrogen and oxygen atoms in total. The predicted octanol–water partition coefficient (Wildman–Crippen LogP) is 1.48. The van der Waals surface area contributed by atoms with Crippen LogP contribution in [0.5, 0.6) is 0 Å². The first-order valence-corrected chi connectivity index (χ1v) is 7.45. The van der Waals surface area contributed by atoms with Crippen LogP contribution in [0.25, 0.3) is 0 Å². The molecule has 1 heterocycles. The number of piperidine rings is 1. The van der Waals surface area contributed by atoms with Crippen molar-refractivity contribution in [1.29, 1.82) is 0 Å². The highest BCUT2D eigenvalue weighted by Gasteiger charge is 2.20. The van der Waals surface area contributed by atoms with Crippen molar-refractivity contribution >= 4 is 11.9 Å². The number of benzene rings is 1. The van der Waals surface area contributed by atoms with Crippen LogP contribution in [0.3, 0.4) is 0 Å². The van der Waals surface area contributed by atoms with Gasteiger partial charge in [0, 0.05) is 13.1 Å². The van der Waals surface area contributed by atoms with Crippen LogP contribution in [0.15, 0.2) is 24.3 Å². The molecule has 1 saturated heterocycles. The molecule has 0 bridgehead atoms. The van der Waals surface area contributed by atoms with Gasteiger partial charge in [-0.25, -0.2) is 4.79 Å². The number of ether oxygens (including phenoxy) is 1. The number of hydrogen-bond acceptors (Lipinski definition) is 4. The Kier molecular flexibility index (Phi) is 5.75. The minimum absolute atomic E-state index is 0.0672. The van der Waals surface area contributed by atoms with Gasteiger partial charge in [0.15, 0.2) is 0 Å². The van der Waals surface area contributed by atoms with Gasteiger partial charge in [-0.05, 0) is 44.0 Å². The van der Waals surface area contributed by atoms with Gasteiger partial charge >= 0.3 is 5.97 Å². The van der Waals surface area contributed by atoms with E-state index in [1.807, 2.05) is 12.1 Å². The molecule has 114 valence electrons. The number of nitrogens with one attached hydrogen (secondary N) is 2. The predicted molar refractivity (Wildman–Crippen MR) is 79.8 cm³/mol. The van der Waals surface area contributed by atoms with E-state index in [1.54, 1.807) is 19.1 Å². The van der Waals surface area contributed by atoms with Crippen LogP contribution in [-0.4, -0.2) is 31.6 Å². The van der Waals surface area contributed by atoms with Crippen molar-refractivity contribution in [2.45, 2.75) is 26.3 Å². The van der Waals surface area contributed by atoms with E-state index < -0.39 is 0 Å². The van der Waals surface area contributed by atoms with Crippen LogP contribution < -0.4 is 10.6 Å². The molecule has 0 radical (unpaired) electrons. The first kappa shape index (κ1) is 15.5. The zero-order valence-electron chi connectivity index (χ0n) is 12.4. The van der Waals surface area contributed by atoms with Gasteiger partial charge in [-0.3, -0.25) is 4.79 Å². The van der Waals surface area contributed by atoms with E-state index in [0.717, 1.165) is 31.5 Å². The van der Waals surface area contributed by atoms with Gasteiger partial charge in [-0.15, -0.1) is 0 Å². The lowest BCUT2D eigenvalue weighted by atomic mass is 9.99. The van der Waals surface area contributed by atoms with Crippen molar-refractivity contribution < 1.29 is 14.3 Å². The van der Waals surface area contributed by atoms with E-state index in [-0.39, 0.29) is 17.8 Å². The molecule has 0 aromatic heterocycles. The molecule has 1 unspecified atom stereocenters. The normalized spacial score (nSPS) is 18.0. The molecule has 0 saturated carbocycles. The third-order valence-electron chi connectivity index (χ3n) is 3.60. The molecule has 0 spiro atoms. The zero-order valence-corrected chi connectivity index (χ0v) is 12.4. The Morgan fingerprint density at radius 2 is 2.10 bits per heavy atom. The summed E-state index contributed by atoms with van der Waals surface area (Å²) in [4.78, 5) is 23.5. The fourth-order valence-electron chi connectivity index (χ4n) is 2.38. The summed E-state index contributed by atoms with van der Waals surface area (Å²) in [6, 6.07) is 7.13. The number of carbonyl (C=O) groups is 2. The zero-order chi connectivity index (χ0) is 15.1. The van der Waals surface area contributed by atoms with Gasteiger partial charge in [0.05, 0.1) is 18.1 Å². The summed E-state index contributed by atoms with van der Waals surface area (Å²) in [6.07, 6.45) is 1.99. The van der Waals surface area contributed by atoms with Crippen LogP contribution in [0, 0.1) is 5.92 Å². The second kappa shape index (κ2) is 7.78. The first-order valence-electron chi connectivity index (χ1n) is 7.45. The summed E-state index contributed by atoms with van der Waals surface area (Å²) < 4.78 is 4.93. The Morgan fingerprint density at radius 3 is 2.71 bits per heavy atom. The SMILES string of the molecule is CCOC(=O)c1ccc(CNC(=O)C2CCCNC2)cc1. The molecular formula is C16H22N2O3. The maximum atomic E-state index is 12.0. The first-order chi connectivity index (χ1) is 10.2. The van der Waals surface area contributed by atoms with Crippen LogP contribution in [0.2, 0.25) is 0 Å². The average Bonchev–Trinajstić information content (AvgIpc) is 2.54. The van der Waals surface area contributed by atoms with Crippen LogP contribution in [0.4, 0.5) is 0 Å². The Morgan fingerprint density at radius 1 is 1.33 bits per heavy atom. The number of amides is 1. The third-order valence-corrected chi connectivity index (χ3v) is 3.60. The fourth-order valence-corrected chi connectivity index (χ4v) is 2.38. The van der Waals surface area contributed by atoms with Crippen molar-refractivity contribution in [2.75, 3.05) is 19.7 Å². The highest BCUT2D eigenvalue weighted by molar-refractivity contribution is 5.89. The Labute approximate surface area is 125 Å². The van der Waals surface area contributed by atoms with E-state index >= 15 is 0 Å². The second-order valence-corrected chi connectivity index (χ2v) is 5.18. The molecule has 5 heteroatoms. The number of carbonyl (C=O) groups excluding carboxylic acids is 2. The molecule has 1 aromatic rings. The molecule has 2 N–H and O–H groups in total. The monoisotopic (exact) mass is 290 g/mol. The Bertz CT molecular complexity index is 479. The minimum atomic E-state index is -0.318. The maximum absolute atomic E-state index is 12.0. The van der Waals surface area contributed by atoms with Crippen molar-refractivity contribution in [3.05, 3.63) is 35.4 Å². The summed E-state index contributed by atoms with van der Waals surface area (Å²) in [6.45, 7) is 4.39. The number of rotatable bonds is 5. The van der Waals surface area contributed by atoms with E-state index in [1.165, 1.54) is 0 Å². The minimum Gasteiger partial charge on any atom is -0.462 e. The van der Waals surface area contributed by atoms with E-state index in [9.17, 15) is 9.59 Å². The van der Waals surface area contributed by atoms with Gasteiger partial charge in [-0.1, -0.05) is 12.1 Å². The molecule has 1 fully saturated rings.